The van der Waals surface area contributed by atoms with Gasteiger partial charge in [-0.15, -0.1) is 0 Å². The van der Waals surface area contributed by atoms with Gasteiger partial charge in [-0.2, -0.15) is 23.5 Å². The topological polar surface area (TPSA) is 249 Å². The summed E-state index contributed by atoms with van der Waals surface area (Å²) in [5.74, 6) is -3.94. The fourth-order valence-electron chi connectivity index (χ4n) is 3.46. The number of carboxylic acid groups (broad SMARTS) is 2. The molecule has 23 heteroatoms. The first-order valence-corrected chi connectivity index (χ1v) is 23.8. The second-order valence-electron chi connectivity index (χ2n) is 10.7. The fraction of sp³-hybridized carbons (Fsp3) is 0.333. The third-order valence-corrected chi connectivity index (χ3v) is 12.9. The summed E-state index contributed by atoms with van der Waals surface area (Å²) in [4.78, 5) is 21.6. The first kappa shape index (κ1) is 62.4. The second kappa shape index (κ2) is 30.7. The van der Waals surface area contributed by atoms with E-state index < -0.39 is 75.9 Å². The predicted octanol–water partition coefficient (Wildman–Crippen LogP) is -7.09. The Balaban J connectivity index is -0.000000350. The molecule has 0 bridgehead atoms. The van der Waals surface area contributed by atoms with Gasteiger partial charge in [-0.3, -0.25) is 4.18 Å². The molecule has 3 rings (SSSR count). The largest absolute Gasteiger partial charge is 1.00 e. The number of thioether (sulfide) groups is 2. The molecule has 0 N–H and O–H groups in total. The van der Waals surface area contributed by atoms with Gasteiger partial charge >= 0.3 is 88.7 Å². The number of rotatable bonds is 15. The van der Waals surface area contributed by atoms with E-state index >= 15 is 0 Å². The van der Waals surface area contributed by atoms with Gasteiger partial charge in [-0.05, 0) is 69.7 Å². The number of hydrogen-bond donors (Lipinski definition) is 0. The maximum atomic E-state index is 12.0. The Morgan fingerprint density at radius 1 is 0.679 bits per heavy atom. The SMILES string of the molecule is C=CS(=O)(=O)c1ccc(C)cc1.CSC.Cc1ccc(S(=O)(=O)CCOS(=O)(=O)[O-])cc1.Cc1ccc(S(=O)(=O)CCSC(CC(=O)[O-])C(=O)[O-])cc1.[Na+].[Na+].[Na+]. The zero-order chi connectivity index (χ0) is 41.0. The third kappa shape index (κ3) is 27.5. The third-order valence-electron chi connectivity index (χ3n) is 6.19. The summed E-state index contributed by atoms with van der Waals surface area (Å²) < 4.78 is 104. The summed E-state index contributed by atoms with van der Waals surface area (Å²) in [5.41, 5.74) is 2.87. The van der Waals surface area contributed by atoms with E-state index in [9.17, 15) is 58.0 Å². The number of carboxylic acids is 2. The molecule has 0 heterocycles. The molecule has 0 amide bonds. The van der Waals surface area contributed by atoms with Crippen molar-refractivity contribution in [3.63, 3.8) is 0 Å². The van der Waals surface area contributed by atoms with Crippen molar-refractivity contribution in [1.29, 1.82) is 0 Å². The van der Waals surface area contributed by atoms with Gasteiger partial charge in [-0.1, -0.05) is 59.7 Å². The van der Waals surface area contributed by atoms with Crippen LogP contribution in [-0.2, 0) is 53.7 Å². The summed E-state index contributed by atoms with van der Waals surface area (Å²) in [6, 6.07) is 19.0. The number of hydrogen-bond acceptors (Lipinski definition) is 16. The first-order valence-electron chi connectivity index (χ1n) is 15.0. The summed E-state index contributed by atoms with van der Waals surface area (Å²) in [5, 5.41) is 20.8. The van der Waals surface area contributed by atoms with Gasteiger partial charge in [0.2, 0.25) is 10.4 Å². The van der Waals surface area contributed by atoms with Crippen LogP contribution in [0.25, 0.3) is 0 Å². The minimum Gasteiger partial charge on any atom is -0.726 e. The van der Waals surface area contributed by atoms with Crippen molar-refractivity contribution in [2.24, 2.45) is 0 Å². The Kier molecular flexibility index (Phi) is 34.3. The number of carbonyl (C=O) groups is 2. The average molecular weight is 923 g/mol. The fourth-order valence-corrected chi connectivity index (χ4v) is 8.37. The molecule has 0 aliphatic heterocycles. The predicted molar refractivity (Wildman–Crippen MR) is 201 cm³/mol. The average Bonchev–Trinajstić information content (AvgIpc) is 3.05. The maximum absolute atomic E-state index is 12.0. The summed E-state index contributed by atoms with van der Waals surface area (Å²) >= 11 is 2.47. The van der Waals surface area contributed by atoms with E-state index in [1.165, 1.54) is 24.3 Å². The number of carbonyl (C=O) groups excluding carboxylic acids is 2. The number of aryl methyl sites for hydroxylation is 3. The van der Waals surface area contributed by atoms with Crippen molar-refractivity contribution in [3.8, 4) is 0 Å². The molecule has 296 valence electrons. The zero-order valence-corrected chi connectivity index (χ0v) is 43.4. The molecular weight excluding hydrogens is 882 g/mol. The van der Waals surface area contributed by atoms with Crippen LogP contribution in [0.2, 0.25) is 0 Å². The molecule has 0 fully saturated rings. The van der Waals surface area contributed by atoms with Crippen molar-refractivity contribution >= 4 is 75.4 Å². The molecule has 0 aliphatic carbocycles. The van der Waals surface area contributed by atoms with E-state index in [0.717, 1.165) is 33.9 Å². The molecule has 0 saturated carbocycles. The Hall–Kier alpha value is -0.240. The smallest absolute Gasteiger partial charge is 0.726 e. The van der Waals surface area contributed by atoms with Gasteiger partial charge in [0.1, 0.15) is 0 Å². The molecule has 0 spiro atoms. The Bertz CT molecular complexity index is 2060. The Morgan fingerprint density at radius 3 is 1.32 bits per heavy atom. The van der Waals surface area contributed by atoms with E-state index in [0.29, 0.717) is 4.90 Å². The van der Waals surface area contributed by atoms with Crippen LogP contribution < -0.4 is 98.9 Å². The quantitative estimate of drug-likeness (QED) is 0.0781. The second-order valence-corrected chi connectivity index (χ2v) is 20.0. The van der Waals surface area contributed by atoms with Gasteiger partial charge < -0.3 is 24.4 Å². The van der Waals surface area contributed by atoms with Crippen molar-refractivity contribution < 1.29 is 151 Å². The van der Waals surface area contributed by atoms with Gasteiger partial charge in [0.05, 0.1) is 38.8 Å². The molecule has 1 atom stereocenters. The minimum absolute atomic E-state index is 0. The summed E-state index contributed by atoms with van der Waals surface area (Å²) in [7, 11) is -15.3. The normalized spacial score (nSPS) is 11.3. The standard InChI is InChI=1S/C13H16O6S2.C9H12O6S2.C9H10O2S.C2H6S.3Na/c1-9-2-4-10(5-3-9)21(18,19)7-6-20-11(13(16)17)8-12(14)15;1-8-2-4-9(5-3-8)16(10,11)7-6-15-17(12,13)14;1-3-12(10,11)9-6-4-8(2)5-7-9;1-3-2;;;/h2-5,11H,6-8H2,1H3,(H,14,15)(H,16,17);2-5H,6-7H2,1H3,(H,12,13,14);3-7H,1H2,2H3;1-2H3;;;/q;;;;3*+1/p-3. The van der Waals surface area contributed by atoms with Crippen molar-refractivity contribution in [2.75, 3.05) is 36.4 Å². The first-order chi connectivity index (χ1) is 24.4. The Labute approximate surface area is 406 Å². The van der Waals surface area contributed by atoms with Crippen molar-refractivity contribution in [1.82, 2.24) is 0 Å². The van der Waals surface area contributed by atoms with Gasteiger partial charge in [0.25, 0.3) is 0 Å². The summed E-state index contributed by atoms with van der Waals surface area (Å²) in [6.45, 7) is 8.11. The van der Waals surface area contributed by atoms with Crippen molar-refractivity contribution in [3.05, 3.63) is 101 Å². The molecule has 0 saturated heterocycles. The van der Waals surface area contributed by atoms with Crippen LogP contribution in [0.3, 0.4) is 0 Å². The van der Waals surface area contributed by atoms with E-state index in [1.54, 1.807) is 60.3 Å². The zero-order valence-electron chi connectivity index (χ0n) is 32.5. The Morgan fingerprint density at radius 2 is 1.02 bits per heavy atom. The van der Waals surface area contributed by atoms with E-state index in [4.69, 9.17) is 0 Å². The van der Waals surface area contributed by atoms with Crippen LogP contribution in [0.15, 0.2) is 99.5 Å². The molecule has 0 aromatic heterocycles. The molecule has 0 radical (unpaired) electrons. The molecule has 3 aromatic carbocycles. The molecule has 3 aromatic rings. The van der Waals surface area contributed by atoms with E-state index in [-0.39, 0.29) is 110 Å². The van der Waals surface area contributed by atoms with Gasteiger partial charge in [-0.25, -0.2) is 33.7 Å². The molecule has 0 aliphatic rings. The van der Waals surface area contributed by atoms with Crippen molar-refractivity contribution in [2.45, 2.75) is 47.1 Å². The van der Waals surface area contributed by atoms with E-state index in [2.05, 4.69) is 10.8 Å². The van der Waals surface area contributed by atoms with Crippen LogP contribution in [0.1, 0.15) is 23.1 Å². The number of aliphatic carboxylic acids is 2. The molecule has 56 heavy (non-hydrogen) atoms. The van der Waals surface area contributed by atoms with Crippen LogP contribution >= 0.6 is 23.5 Å². The maximum Gasteiger partial charge on any atom is 1.00 e. The molecular formula is C33H41Na3O14S6. The summed E-state index contributed by atoms with van der Waals surface area (Å²) in [6.07, 6.45) is 3.37. The van der Waals surface area contributed by atoms with Crippen LogP contribution in [0.4, 0.5) is 0 Å². The van der Waals surface area contributed by atoms with Gasteiger partial charge in [0, 0.05) is 28.8 Å². The number of benzene rings is 3. The monoisotopic (exact) mass is 922 g/mol. The van der Waals surface area contributed by atoms with Crippen LogP contribution in [0.5, 0.6) is 0 Å². The van der Waals surface area contributed by atoms with Crippen LogP contribution in [-0.4, -0.2) is 91.8 Å². The van der Waals surface area contributed by atoms with Crippen LogP contribution in [0, 0.1) is 20.8 Å². The number of sulfone groups is 3. The van der Waals surface area contributed by atoms with Gasteiger partial charge in [0.15, 0.2) is 29.5 Å². The minimum atomic E-state index is -4.85. The van der Waals surface area contributed by atoms with E-state index in [1.807, 2.05) is 33.3 Å². The molecule has 1 unspecified atom stereocenters. The molecule has 14 nitrogen and oxygen atoms in total.